The van der Waals surface area contributed by atoms with Crippen LogP contribution in [0.25, 0.3) is 0 Å². The average molecular weight is 545 g/mol. The maximum Gasteiger partial charge on any atom is 0.296 e. The van der Waals surface area contributed by atoms with Crippen molar-refractivity contribution in [2.75, 3.05) is 13.2 Å². The van der Waals surface area contributed by atoms with Gasteiger partial charge in [0.25, 0.3) is 10.1 Å². The van der Waals surface area contributed by atoms with E-state index in [0.717, 1.165) is 42.8 Å². The standard InChI is InChI=1S/C32H48O5S/c1-22-7-11-26(12-8-22)38(33,34)36-21-24-10-14-28-27-13-9-23-20-25(37-30-6-4-5-19-35-30)15-17-31(23,2)29(27)16-18-32(24,28)3/h7-8,11-12,23-25,27-30H,4-6,9-10,13-21H2,1-3H3/t23-,24+,25-,27+,28-,29+,30+,31-,32+/m0/s1. The molecule has 5 aliphatic rings. The van der Waals surface area contributed by atoms with Gasteiger partial charge in [-0.05, 0) is 137 Å². The number of rotatable bonds is 6. The number of benzene rings is 1. The lowest BCUT2D eigenvalue weighted by Crippen LogP contribution is -2.54. The molecule has 9 atom stereocenters. The predicted molar refractivity (Wildman–Crippen MR) is 148 cm³/mol. The zero-order valence-corrected chi connectivity index (χ0v) is 24.5. The van der Waals surface area contributed by atoms with Crippen molar-refractivity contribution in [2.24, 2.45) is 40.4 Å². The second-order valence-corrected chi connectivity index (χ2v) is 15.5. The Morgan fingerprint density at radius 3 is 2.42 bits per heavy atom. The van der Waals surface area contributed by atoms with E-state index in [0.29, 0.717) is 30.0 Å². The largest absolute Gasteiger partial charge is 0.353 e. The molecule has 1 heterocycles. The Bertz CT molecular complexity index is 1080. The van der Waals surface area contributed by atoms with Crippen LogP contribution in [0.15, 0.2) is 29.2 Å². The molecule has 1 aromatic carbocycles. The highest BCUT2D eigenvalue weighted by Crippen LogP contribution is 2.67. The Kier molecular flexibility index (Phi) is 7.50. The van der Waals surface area contributed by atoms with Crippen LogP contribution < -0.4 is 0 Å². The molecule has 212 valence electrons. The van der Waals surface area contributed by atoms with Crippen LogP contribution in [0.5, 0.6) is 0 Å². The second kappa shape index (κ2) is 10.5. The van der Waals surface area contributed by atoms with Crippen molar-refractivity contribution >= 4 is 10.1 Å². The van der Waals surface area contributed by atoms with Gasteiger partial charge in [0.2, 0.25) is 0 Å². The summed E-state index contributed by atoms with van der Waals surface area (Å²) >= 11 is 0. The molecule has 0 spiro atoms. The Morgan fingerprint density at radius 2 is 1.66 bits per heavy atom. The number of fused-ring (bicyclic) bond motifs is 5. The molecule has 0 unspecified atom stereocenters. The van der Waals surface area contributed by atoms with Gasteiger partial charge in [-0.2, -0.15) is 8.42 Å². The van der Waals surface area contributed by atoms with Crippen LogP contribution >= 0.6 is 0 Å². The minimum atomic E-state index is -3.71. The van der Waals surface area contributed by atoms with Crippen molar-refractivity contribution in [3.8, 4) is 0 Å². The molecular formula is C32H48O5S. The summed E-state index contributed by atoms with van der Waals surface area (Å²) in [4.78, 5) is 0.271. The molecule has 0 bridgehead atoms. The van der Waals surface area contributed by atoms with Gasteiger partial charge >= 0.3 is 0 Å². The summed E-state index contributed by atoms with van der Waals surface area (Å²) in [6.45, 7) is 8.20. The van der Waals surface area contributed by atoms with Crippen LogP contribution in [0.3, 0.4) is 0 Å². The fraction of sp³-hybridized carbons (Fsp3) is 0.812. The quantitative estimate of drug-likeness (QED) is 0.278. The number of ether oxygens (including phenoxy) is 2. The Labute approximate surface area is 230 Å². The van der Waals surface area contributed by atoms with E-state index in [1.807, 2.05) is 19.1 Å². The Morgan fingerprint density at radius 1 is 0.895 bits per heavy atom. The van der Waals surface area contributed by atoms with E-state index in [1.165, 1.54) is 64.2 Å². The summed E-state index contributed by atoms with van der Waals surface area (Å²) in [5.74, 6) is 3.34. The molecule has 4 aliphatic carbocycles. The first-order valence-corrected chi connectivity index (χ1v) is 16.8. The highest BCUT2D eigenvalue weighted by Gasteiger charge is 2.60. The van der Waals surface area contributed by atoms with Gasteiger partial charge in [-0.3, -0.25) is 4.18 Å². The van der Waals surface area contributed by atoms with Gasteiger partial charge in [0.1, 0.15) is 0 Å². The first-order chi connectivity index (χ1) is 18.2. The first kappa shape index (κ1) is 27.2. The second-order valence-electron chi connectivity index (χ2n) is 13.9. The SMILES string of the molecule is Cc1ccc(S(=O)(=O)OC[C@H]2CC[C@H]3[C@H]4CC[C@H]5C[C@@H](O[C@@H]6CCCCO6)CC[C@]5(C)[C@@H]4CC[C@]23C)cc1. The average Bonchev–Trinajstić information content (AvgIpc) is 3.25. The highest BCUT2D eigenvalue weighted by atomic mass is 32.2. The topological polar surface area (TPSA) is 61.8 Å². The Balaban J connectivity index is 1.09. The number of aryl methyl sites for hydroxylation is 1. The summed E-state index contributed by atoms with van der Waals surface area (Å²) in [6.07, 6.45) is 14.9. The third-order valence-electron chi connectivity index (χ3n) is 12.0. The van der Waals surface area contributed by atoms with E-state index in [1.54, 1.807) is 12.1 Å². The summed E-state index contributed by atoms with van der Waals surface area (Å²) < 4.78 is 43.9. The number of hydrogen-bond donors (Lipinski definition) is 0. The maximum atomic E-state index is 12.9. The molecule has 0 radical (unpaired) electrons. The van der Waals surface area contributed by atoms with Gasteiger partial charge in [-0.1, -0.05) is 31.5 Å². The zero-order valence-electron chi connectivity index (χ0n) is 23.7. The molecule has 1 aliphatic heterocycles. The molecular weight excluding hydrogens is 496 g/mol. The smallest absolute Gasteiger partial charge is 0.296 e. The van der Waals surface area contributed by atoms with Gasteiger partial charge in [0.15, 0.2) is 6.29 Å². The fourth-order valence-electron chi connectivity index (χ4n) is 9.70. The minimum Gasteiger partial charge on any atom is -0.353 e. The molecule has 0 amide bonds. The molecule has 1 aromatic rings. The summed E-state index contributed by atoms with van der Waals surface area (Å²) in [5, 5.41) is 0. The van der Waals surface area contributed by atoms with Crippen molar-refractivity contribution < 1.29 is 22.1 Å². The van der Waals surface area contributed by atoms with Crippen molar-refractivity contribution in [1.29, 1.82) is 0 Å². The highest BCUT2D eigenvalue weighted by molar-refractivity contribution is 7.86. The Hall–Kier alpha value is -0.950. The fourth-order valence-corrected chi connectivity index (χ4v) is 10.7. The predicted octanol–water partition coefficient (Wildman–Crippen LogP) is 7.27. The van der Waals surface area contributed by atoms with Gasteiger partial charge in [0.05, 0.1) is 17.6 Å². The van der Waals surface area contributed by atoms with Gasteiger partial charge in [-0.25, -0.2) is 0 Å². The van der Waals surface area contributed by atoms with Crippen molar-refractivity contribution in [1.82, 2.24) is 0 Å². The molecule has 4 saturated carbocycles. The van der Waals surface area contributed by atoms with Gasteiger partial charge in [0, 0.05) is 6.61 Å². The molecule has 5 nitrogen and oxygen atoms in total. The van der Waals surface area contributed by atoms with E-state index in [9.17, 15) is 8.42 Å². The van der Waals surface area contributed by atoms with E-state index in [4.69, 9.17) is 13.7 Å². The van der Waals surface area contributed by atoms with Gasteiger partial charge < -0.3 is 9.47 Å². The number of hydrogen-bond acceptors (Lipinski definition) is 5. The van der Waals surface area contributed by atoms with Crippen molar-refractivity contribution in [3.05, 3.63) is 29.8 Å². The van der Waals surface area contributed by atoms with Crippen molar-refractivity contribution in [2.45, 2.75) is 115 Å². The maximum absolute atomic E-state index is 12.9. The zero-order chi connectivity index (χ0) is 26.5. The normalized spacial score (nSPS) is 43.2. The van der Waals surface area contributed by atoms with Crippen LogP contribution in [0, 0.1) is 47.3 Å². The molecule has 0 aromatic heterocycles. The van der Waals surface area contributed by atoms with E-state index < -0.39 is 10.1 Å². The first-order valence-electron chi connectivity index (χ1n) is 15.4. The third kappa shape index (κ3) is 4.90. The van der Waals surface area contributed by atoms with Crippen LogP contribution in [0.1, 0.15) is 96.5 Å². The monoisotopic (exact) mass is 544 g/mol. The molecule has 38 heavy (non-hydrogen) atoms. The molecule has 6 rings (SSSR count). The van der Waals surface area contributed by atoms with E-state index in [-0.39, 0.29) is 16.6 Å². The van der Waals surface area contributed by atoms with Crippen LogP contribution in [0.2, 0.25) is 0 Å². The summed E-state index contributed by atoms with van der Waals surface area (Å²) in [6, 6.07) is 7.00. The van der Waals surface area contributed by atoms with E-state index >= 15 is 0 Å². The third-order valence-corrected chi connectivity index (χ3v) is 13.3. The lowest BCUT2D eigenvalue weighted by Gasteiger charge is -2.61. The van der Waals surface area contributed by atoms with Crippen molar-refractivity contribution in [3.63, 3.8) is 0 Å². The molecule has 1 saturated heterocycles. The van der Waals surface area contributed by atoms with E-state index in [2.05, 4.69) is 13.8 Å². The van der Waals surface area contributed by atoms with Crippen LogP contribution in [-0.4, -0.2) is 34.0 Å². The molecule has 5 fully saturated rings. The summed E-state index contributed by atoms with van der Waals surface area (Å²) in [7, 11) is -3.71. The van der Waals surface area contributed by atoms with Crippen LogP contribution in [-0.2, 0) is 23.8 Å². The summed E-state index contributed by atoms with van der Waals surface area (Å²) in [5.41, 5.74) is 1.65. The van der Waals surface area contributed by atoms with Gasteiger partial charge in [-0.15, -0.1) is 0 Å². The lowest BCUT2D eigenvalue weighted by molar-refractivity contribution is -0.212. The molecule has 0 N–H and O–H groups in total. The van der Waals surface area contributed by atoms with Crippen LogP contribution in [0.4, 0.5) is 0 Å². The molecule has 6 heteroatoms. The minimum absolute atomic E-state index is 0.0253. The lowest BCUT2D eigenvalue weighted by atomic mass is 9.44.